The number of amides is 1. The Kier molecular flexibility index (Phi) is 5.43. The molecule has 2 N–H and O–H groups in total. The van der Waals surface area contributed by atoms with Gasteiger partial charge in [-0.3, -0.25) is 4.79 Å². The monoisotopic (exact) mass is 464 g/mol. The number of anilines is 1. The maximum Gasteiger partial charge on any atom is 0.243 e. The van der Waals surface area contributed by atoms with Gasteiger partial charge in [-0.1, -0.05) is 24.3 Å². The highest BCUT2D eigenvalue weighted by Gasteiger charge is 2.39. The molecule has 7 nitrogen and oxygen atoms in total. The highest BCUT2D eigenvalue weighted by atomic mass is 32.2. The lowest BCUT2D eigenvalue weighted by Gasteiger charge is -2.23. The van der Waals surface area contributed by atoms with Crippen molar-refractivity contribution in [2.45, 2.75) is 23.8 Å². The number of nitrogens with one attached hydrogen (secondary N) is 2. The number of fused-ring (bicyclic) bond motifs is 1. The van der Waals surface area contributed by atoms with Gasteiger partial charge in [0.2, 0.25) is 15.9 Å². The van der Waals surface area contributed by atoms with Crippen LogP contribution in [0.1, 0.15) is 12.8 Å². The maximum atomic E-state index is 13.3. The number of H-pyrrole nitrogens is 1. The fourth-order valence-corrected chi connectivity index (χ4v) is 5.78. The molecule has 0 bridgehead atoms. The molecule has 1 atom stereocenters. The van der Waals surface area contributed by atoms with Crippen molar-refractivity contribution in [2.75, 3.05) is 11.9 Å². The van der Waals surface area contributed by atoms with E-state index >= 15 is 0 Å². The number of sulfonamides is 1. The topological polar surface area (TPSA) is 95.2 Å². The number of rotatable bonds is 5. The van der Waals surface area contributed by atoms with Crippen LogP contribution >= 0.6 is 0 Å². The molecule has 3 aromatic carbocycles. The maximum absolute atomic E-state index is 13.3. The number of benzene rings is 3. The highest BCUT2D eigenvalue weighted by molar-refractivity contribution is 7.89. The van der Waals surface area contributed by atoms with E-state index in [1.54, 1.807) is 12.1 Å². The zero-order chi connectivity index (χ0) is 23.0. The van der Waals surface area contributed by atoms with Gasteiger partial charge in [0.1, 0.15) is 17.7 Å². The van der Waals surface area contributed by atoms with E-state index in [-0.39, 0.29) is 11.4 Å². The summed E-state index contributed by atoms with van der Waals surface area (Å²) in [7, 11) is -3.93. The number of halogens is 1. The third-order valence-corrected chi connectivity index (χ3v) is 7.68. The van der Waals surface area contributed by atoms with E-state index in [4.69, 9.17) is 0 Å². The van der Waals surface area contributed by atoms with Crippen LogP contribution in [0.4, 0.5) is 10.1 Å². The Morgan fingerprint density at radius 2 is 1.76 bits per heavy atom. The van der Waals surface area contributed by atoms with Crippen molar-refractivity contribution >= 4 is 32.7 Å². The molecule has 33 heavy (non-hydrogen) atoms. The van der Waals surface area contributed by atoms with Crippen molar-refractivity contribution < 1.29 is 17.6 Å². The lowest BCUT2D eigenvalue weighted by Crippen LogP contribution is -2.43. The number of imidazole rings is 1. The molecule has 1 aliphatic heterocycles. The number of nitrogens with zero attached hydrogens (tertiary/aromatic N) is 2. The van der Waals surface area contributed by atoms with Crippen LogP contribution in [0.2, 0.25) is 0 Å². The number of aromatic amines is 1. The Hall–Kier alpha value is -3.56. The van der Waals surface area contributed by atoms with Crippen LogP contribution in [0.15, 0.2) is 77.7 Å². The van der Waals surface area contributed by atoms with Crippen molar-refractivity contribution in [2.24, 2.45) is 0 Å². The van der Waals surface area contributed by atoms with Gasteiger partial charge in [0.15, 0.2) is 0 Å². The fourth-order valence-electron chi connectivity index (χ4n) is 4.13. The molecular formula is C24H21FN4O3S. The van der Waals surface area contributed by atoms with Crippen molar-refractivity contribution in [1.82, 2.24) is 14.3 Å². The molecule has 4 aromatic rings. The summed E-state index contributed by atoms with van der Waals surface area (Å²) in [5, 5.41) is 2.89. The number of carbonyl (C=O) groups excluding carboxylic acids is 1. The van der Waals surface area contributed by atoms with Crippen molar-refractivity contribution in [3.05, 3.63) is 78.6 Å². The van der Waals surface area contributed by atoms with Gasteiger partial charge in [0.05, 0.1) is 21.6 Å². The Balaban J connectivity index is 1.42. The molecular weight excluding hydrogens is 443 g/mol. The van der Waals surface area contributed by atoms with E-state index in [2.05, 4.69) is 15.3 Å². The Labute approximate surface area is 190 Å². The van der Waals surface area contributed by atoms with Gasteiger partial charge in [-0.05, 0) is 61.4 Å². The third kappa shape index (κ3) is 4.01. The minimum atomic E-state index is -3.93. The summed E-state index contributed by atoms with van der Waals surface area (Å²) in [4.78, 5) is 21.0. The predicted molar refractivity (Wildman–Crippen MR) is 123 cm³/mol. The number of para-hydroxylation sites is 3. The largest absolute Gasteiger partial charge is 0.338 e. The fraction of sp³-hybridized carbons (Fsp3) is 0.167. The first-order chi connectivity index (χ1) is 15.9. The van der Waals surface area contributed by atoms with Crippen LogP contribution in [0, 0.1) is 5.82 Å². The molecule has 168 valence electrons. The van der Waals surface area contributed by atoms with Crippen LogP contribution in [0.5, 0.6) is 0 Å². The molecule has 0 saturated carbocycles. The first-order valence-corrected chi connectivity index (χ1v) is 12.0. The molecule has 1 fully saturated rings. The van der Waals surface area contributed by atoms with Gasteiger partial charge in [-0.2, -0.15) is 4.31 Å². The first-order valence-electron chi connectivity index (χ1n) is 10.6. The highest BCUT2D eigenvalue weighted by Crippen LogP contribution is 2.30. The average Bonchev–Trinajstić information content (AvgIpc) is 3.47. The van der Waals surface area contributed by atoms with Crippen molar-refractivity contribution in [3.63, 3.8) is 0 Å². The Bertz CT molecular complexity index is 1400. The molecule has 9 heteroatoms. The standard InChI is InChI=1S/C24H21FN4O3S/c25-16-11-13-17(14-12-16)33(31,32)29-15-5-10-22(29)24(30)28-19-7-2-1-6-18(19)23-26-20-8-3-4-9-21(20)27-23/h1-4,6-9,11-14,22H,5,10,15H2,(H,26,27)(H,28,30)/t22-/m1/s1. The molecule has 0 unspecified atom stereocenters. The van der Waals surface area contributed by atoms with E-state index in [1.165, 1.54) is 16.4 Å². The Morgan fingerprint density at radius 1 is 1.03 bits per heavy atom. The predicted octanol–water partition coefficient (Wildman–Crippen LogP) is 4.16. The van der Waals surface area contributed by atoms with Crippen LogP contribution < -0.4 is 5.32 Å². The van der Waals surface area contributed by atoms with Gasteiger partial charge >= 0.3 is 0 Å². The average molecular weight is 465 g/mol. The zero-order valence-electron chi connectivity index (χ0n) is 17.5. The van der Waals surface area contributed by atoms with Crippen LogP contribution in [0.3, 0.4) is 0 Å². The second-order valence-corrected chi connectivity index (χ2v) is 9.76. The summed E-state index contributed by atoms with van der Waals surface area (Å²) in [6, 6.07) is 18.6. The summed E-state index contributed by atoms with van der Waals surface area (Å²) in [6.45, 7) is 0.225. The van der Waals surface area contributed by atoms with E-state index < -0.39 is 27.8 Å². The van der Waals surface area contributed by atoms with Gasteiger partial charge in [-0.15, -0.1) is 0 Å². The normalized spacial score (nSPS) is 16.8. The molecule has 1 saturated heterocycles. The Morgan fingerprint density at radius 3 is 2.55 bits per heavy atom. The van der Waals surface area contributed by atoms with Crippen LogP contribution in [-0.2, 0) is 14.8 Å². The summed E-state index contributed by atoms with van der Waals surface area (Å²) in [5.41, 5.74) is 2.92. The molecule has 5 rings (SSSR count). The van der Waals surface area contributed by atoms with E-state index in [0.29, 0.717) is 29.9 Å². The SMILES string of the molecule is O=C(Nc1ccccc1-c1nc2ccccc2[nH]1)[C@H]1CCCN1S(=O)(=O)c1ccc(F)cc1. The minimum absolute atomic E-state index is 0.0359. The van der Waals surface area contributed by atoms with E-state index in [1.807, 2.05) is 36.4 Å². The van der Waals surface area contributed by atoms with Crippen LogP contribution in [0.25, 0.3) is 22.4 Å². The summed E-state index contributed by atoms with van der Waals surface area (Å²) in [6.07, 6.45) is 0.961. The zero-order valence-corrected chi connectivity index (χ0v) is 18.3. The molecule has 0 spiro atoms. The lowest BCUT2D eigenvalue weighted by atomic mass is 10.1. The number of hydrogen-bond donors (Lipinski definition) is 2. The van der Waals surface area contributed by atoms with Gasteiger partial charge < -0.3 is 10.3 Å². The smallest absolute Gasteiger partial charge is 0.243 e. The molecule has 1 amide bonds. The molecule has 0 radical (unpaired) electrons. The quantitative estimate of drug-likeness (QED) is 0.464. The molecule has 1 aromatic heterocycles. The van der Waals surface area contributed by atoms with Crippen molar-refractivity contribution in [3.8, 4) is 11.4 Å². The van der Waals surface area contributed by atoms with E-state index in [0.717, 1.165) is 23.2 Å². The number of carbonyl (C=O) groups is 1. The number of hydrogen-bond acceptors (Lipinski definition) is 4. The minimum Gasteiger partial charge on any atom is -0.338 e. The third-order valence-electron chi connectivity index (χ3n) is 5.76. The molecule has 0 aliphatic carbocycles. The van der Waals surface area contributed by atoms with Gasteiger partial charge in [0, 0.05) is 12.1 Å². The lowest BCUT2D eigenvalue weighted by molar-refractivity contribution is -0.119. The van der Waals surface area contributed by atoms with Crippen molar-refractivity contribution in [1.29, 1.82) is 0 Å². The van der Waals surface area contributed by atoms with Gasteiger partial charge in [0.25, 0.3) is 0 Å². The summed E-state index contributed by atoms with van der Waals surface area (Å²) < 4.78 is 40.7. The summed E-state index contributed by atoms with van der Waals surface area (Å²) in [5.74, 6) is -0.331. The number of aromatic nitrogens is 2. The van der Waals surface area contributed by atoms with Crippen LogP contribution in [-0.4, -0.2) is 41.2 Å². The second-order valence-electron chi connectivity index (χ2n) is 7.87. The second kappa shape index (κ2) is 8.42. The first kappa shape index (κ1) is 21.3. The molecule has 1 aliphatic rings. The van der Waals surface area contributed by atoms with E-state index in [9.17, 15) is 17.6 Å². The van der Waals surface area contributed by atoms with Gasteiger partial charge in [-0.25, -0.2) is 17.8 Å². The summed E-state index contributed by atoms with van der Waals surface area (Å²) >= 11 is 0. The molecule has 2 heterocycles.